The highest BCUT2D eigenvalue weighted by atomic mass is 32.2. The van der Waals surface area contributed by atoms with Crippen molar-refractivity contribution in [3.05, 3.63) is 0 Å². The van der Waals surface area contributed by atoms with Crippen molar-refractivity contribution in [3.63, 3.8) is 0 Å². The van der Waals surface area contributed by atoms with Crippen molar-refractivity contribution < 1.29 is 173 Å². The molecule has 40 heteroatoms. The maximum Gasteiger partial charge on any atom is 0.460 e. The molecule has 0 radical (unpaired) electrons. The quantitative estimate of drug-likeness (QED) is 0.0417. The first kappa shape index (κ1) is 64.9. The van der Waals surface area contributed by atoms with E-state index in [2.05, 4.69) is 9.47 Å². The molecule has 0 N–H and O–H groups in total. The Balaban J connectivity index is 6.41. The second-order valence-electron chi connectivity index (χ2n) is 14.5. The number of alkyl halides is 34. The standard InChI is InChI=1S/C28H22F34NO4S/c1-63(2,3)9-68-10(12(65)67-7-5-14(31,32)16(35,36)18(39,40)20(43,44)22(47,48)24(51,52)26(55,56)28(60,61)62)8-11(64)66-6-4-13(29,30)15(33,34)17(37,38)19(41,42)21(45,46)23(49,50)25(53,54)27(57,58)59/h10H,4-9H2,1-3H3/q+1. The molecule has 0 fully saturated rings. The van der Waals surface area contributed by atoms with Crippen LogP contribution >= 0.6 is 11.8 Å². The third-order valence-corrected chi connectivity index (χ3v) is 9.88. The number of rotatable bonds is 24. The van der Waals surface area contributed by atoms with Crippen LogP contribution in [0.15, 0.2) is 0 Å². The highest BCUT2D eigenvalue weighted by Gasteiger charge is 2.97. The van der Waals surface area contributed by atoms with Crippen LogP contribution in [0.4, 0.5) is 149 Å². The molecule has 0 aromatic carbocycles. The Bertz CT molecular complexity index is 1760. The van der Waals surface area contributed by atoms with Gasteiger partial charge in [-0.15, -0.1) is 0 Å². The average Bonchev–Trinajstić information content (AvgIpc) is 3.10. The Morgan fingerprint density at radius 3 is 0.868 bits per heavy atom. The topological polar surface area (TPSA) is 52.6 Å². The molecule has 406 valence electrons. The summed E-state index contributed by atoms with van der Waals surface area (Å²) < 4.78 is 465. The molecule has 5 nitrogen and oxygen atoms in total. The Labute approximate surface area is 357 Å². The number of hydrogen-bond donors (Lipinski definition) is 0. The number of esters is 2. The summed E-state index contributed by atoms with van der Waals surface area (Å²) in [4.78, 5) is 24.6. The van der Waals surface area contributed by atoms with Gasteiger partial charge in [-0.05, 0) is 0 Å². The van der Waals surface area contributed by atoms with Gasteiger partial charge < -0.3 is 14.0 Å². The highest BCUT2D eigenvalue weighted by molar-refractivity contribution is 8.00. The zero-order valence-electron chi connectivity index (χ0n) is 32.2. The number of nitrogens with zero attached hydrogens (tertiary/aromatic N) is 1. The lowest BCUT2D eigenvalue weighted by Crippen LogP contribution is -2.74. The summed E-state index contributed by atoms with van der Waals surface area (Å²) >= 11 is -0.0591. The molecule has 0 aromatic rings. The van der Waals surface area contributed by atoms with Crippen LogP contribution in [0.1, 0.15) is 19.3 Å². The molecule has 0 aromatic heterocycles. The van der Waals surface area contributed by atoms with Crippen molar-refractivity contribution in [1.29, 1.82) is 0 Å². The van der Waals surface area contributed by atoms with Gasteiger partial charge in [-0.2, -0.15) is 149 Å². The van der Waals surface area contributed by atoms with Crippen LogP contribution in [0, 0.1) is 0 Å². The van der Waals surface area contributed by atoms with Crippen LogP contribution in [0.2, 0.25) is 0 Å². The van der Waals surface area contributed by atoms with Crippen molar-refractivity contribution in [2.45, 2.75) is 120 Å². The fourth-order valence-electron chi connectivity index (χ4n) is 4.11. The lowest BCUT2D eigenvalue weighted by atomic mass is 9.88. The predicted octanol–water partition coefficient (Wildman–Crippen LogP) is 12.0. The fourth-order valence-corrected chi connectivity index (χ4v) is 5.19. The van der Waals surface area contributed by atoms with E-state index in [1.807, 2.05) is 0 Å². The lowest BCUT2D eigenvalue weighted by molar-refractivity contribution is -0.857. The smallest absolute Gasteiger partial charge is 0.460 e. The molecule has 68 heavy (non-hydrogen) atoms. The zero-order valence-corrected chi connectivity index (χ0v) is 33.0. The van der Waals surface area contributed by atoms with Crippen LogP contribution in [0.3, 0.4) is 0 Å². The molecule has 0 heterocycles. The van der Waals surface area contributed by atoms with Gasteiger partial charge in [-0.3, -0.25) is 9.59 Å². The summed E-state index contributed by atoms with van der Waals surface area (Å²) in [6.07, 6.45) is -24.8. The maximum atomic E-state index is 14.2. The molecule has 0 amide bonds. The molecule has 1 atom stereocenters. The van der Waals surface area contributed by atoms with Gasteiger partial charge in [0.25, 0.3) is 0 Å². The first-order valence-corrected chi connectivity index (χ1v) is 17.3. The predicted molar refractivity (Wildman–Crippen MR) is 151 cm³/mol. The van der Waals surface area contributed by atoms with Gasteiger partial charge in [0.1, 0.15) is 11.1 Å². The molecular formula is C28H22F34NO4S+. The summed E-state index contributed by atoms with van der Waals surface area (Å²) in [5.74, 6) is -124. The van der Waals surface area contributed by atoms with Gasteiger partial charge in [0.05, 0.1) is 53.6 Å². The summed E-state index contributed by atoms with van der Waals surface area (Å²) in [5, 5.41) is -2.54. The number of halogens is 34. The number of carbonyl (C=O) groups is 2. The molecule has 0 rings (SSSR count). The zero-order chi connectivity index (χ0) is 55.6. The van der Waals surface area contributed by atoms with E-state index in [4.69, 9.17) is 0 Å². The summed E-state index contributed by atoms with van der Waals surface area (Å²) in [5.41, 5.74) is 0. The minimum atomic E-state index is -9.00. The van der Waals surface area contributed by atoms with E-state index in [1.165, 1.54) is 0 Å². The van der Waals surface area contributed by atoms with Crippen molar-refractivity contribution in [2.24, 2.45) is 0 Å². The Kier molecular flexibility index (Phi) is 17.6. The number of hydrogen-bond acceptors (Lipinski definition) is 5. The van der Waals surface area contributed by atoms with Gasteiger partial charge in [0, 0.05) is 0 Å². The van der Waals surface area contributed by atoms with Gasteiger partial charge in [0.15, 0.2) is 0 Å². The largest absolute Gasteiger partial charge is 0.465 e. The monoisotopic (exact) mass is 1110 g/mol. The van der Waals surface area contributed by atoms with Gasteiger partial charge in [-0.1, -0.05) is 11.8 Å². The van der Waals surface area contributed by atoms with Crippen LogP contribution in [0.5, 0.6) is 0 Å². The third-order valence-electron chi connectivity index (χ3n) is 8.19. The Morgan fingerprint density at radius 1 is 0.382 bits per heavy atom. The molecule has 0 saturated heterocycles. The van der Waals surface area contributed by atoms with Crippen LogP contribution < -0.4 is 0 Å². The van der Waals surface area contributed by atoms with Crippen molar-refractivity contribution in [2.75, 3.05) is 40.2 Å². The molecule has 0 spiro atoms. The highest BCUT2D eigenvalue weighted by Crippen LogP contribution is 2.66. The van der Waals surface area contributed by atoms with E-state index in [9.17, 15) is 159 Å². The molecular weight excluding hydrogens is 1090 g/mol. The fraction of sp³-hybridized carbons (Fsp3) is 0.929. The Morgan fingerprint density at radius 2 is 0.618 bits per heavy atom. The van der Waals surface area contributed by atoms with Gasteiger partial charge >= 0.3 is 107 Å². The van der Waals surface area contributed by atoms with E-state index in [0.29, 0.717) is 0 Å². The second kappa shape index (κ2) is 18.5. The van der Waals surface area contributed by atoms with Crippen LogP contribution in [-0.2, 0) is 19.1 Å². The number of carbonyl (C=O) groups excluding carboxylic acids is 2. The van der Waals surface area contributed by atoms with Crippen LogP contribution in [0.25, 0.3) is 0 Å². The van der Waals surface area contributed by atoms with Crippen LogP contribution in [-0.4, -0.2) is 157 Å². The first-order chi connectivity index (χ1) is 29.1. The maximum absolute atomic E-state index is 14.2. The lowest BCUT2D eigenvalue weighted by Gasteiger charge is -2.42. The normalized spacial score (nSPS) is 16.5. The number of quaternary nitrogens is 1. The summed E-state index contributed by atoms with van der Waals surface area (Å²) in [6.45, 7) is -5.25. The molecule has 0 aliphatic carbocycles. The average molecular weight is 1110 g/mol. The summed E-state index contributed by atoms with van der Waals surface area (Å²) in [7, 11) is 3.45. The third kappa shape index (κ3) is 10.6. The van der Waals surface area contributed by atoms with E-state index < -0.39 is 155 Å². The van der Waals surface area contributed by atoms with Crippen molar-refractivity contribution in [1.82, 2.24) is 0 Å². The minimum Gasteiger partial charge on any atom is -0.465 e. The number of ether oxygens (including phenoxy) is 2. The van der Waals surface area contributed by atoms with E-state index >= 15 is 0 Å². The van der Waals surface area contributed by atoms with Crippen molar-refractivity contribution >= 4 is 23.7 Å². The van der Waals surface area contributed by atoms with Gasteiger partial charge in [0.2, 0.25) is 0 Å². The molecule has 0 aliphatic heterocycles. The molecule has 1 unspecified atom stereocenters. The first-order valence-electron chi connectivity index (χ1n) is 16.3. The van der Waals surface area contributed by atoms with Crippen molar-refractivity contribution in [3.8, 4) is 0 Å². The molecule has 0 bridgehead atoms. The number of thioether (sulfide) groups is 1. The summed E-state index contributed by atoms with van der Waals surface area (Å²) in [6, 6.07) is 0. The Hall–Kier alpha value is -3.13. The minimum absolute atomic E-state index is 0.0591. The van der Waals surface area contributed by atoms with Gasteiger partial charge in [-0.25, -0.2) is 0 Å². The SMILES string of the molecule is C[N+](C)(C)CSC(CC(=O)OCCC(F)(F)C(F)(F)C(F)(F)C(F)(F)C(F)(F)C(F)(F)C(F)(F)C(F)(F)F)C(=O)OCCC(F)(F)C(F)(F)C(F)(F)C(F)(F)C(F)(F)C(F)(F)C(F)(F)C(F)(F)F. The second-order valence-corrected chi connectivity index (χ2v) is 15.6. The van der Waals surface area contributed by atoms with E-state index in [1.54, 1.807) is 0 Å². The van der Waals surface area contributed by atoms with E-state index in [0.717, 1.165) is 21.1 Å². The molecule has 0 aliphatic rings. The molecule has 0 saturated carbocycles. The van der Waals surface area contributed by atoms with E-state index in [-0.39, 0.29) is 11.8 Å².